The Morgan fingerprint density at radius 2 is 1.29 bits per heavy atom. The fraction of sp³-hybridized carbons (Fsp3) is 0.944. The zero-order valence-electron chi connectivity index (χ0n) is 14.2. The van der Waals surface area contributed by atoms with Crippen molar-refractivity contribution in [3.05, 3.63) is 0 Å². The molecule has 0 fully saturated rings. The Balaban J connectivity index is 3.80. The van der Waals surface area contributed by atoms with Crippen molar-refractivity contribution in [2.75, 3.05) is 0 Å². The van der Waals surface area contributed by atoms with E-state index >= 15 is 0 Å². The van der Waals surface area contributed by atoms with Crippen LogP contribution in [0.25, 0.3) is 0 Å². The maximum atomic E-state index is 11.8. The number of unbranched alkanes of at least 4 members (excludes halogenated alkanes) is 8. The molecule has 0 saturated heterocycles. The molecule has 0 heterocycles. The van der Waals surface area contributed by atoms with Gasteiger partial charge in [-0.15, -0.1) is 0 Å². The smallest absolute Gasteiger partial charge is 0.255 e. The molecule has 0 aliphatic rings. The molecule has 0 aromatic heterocycles. The molecule has 0 N–H and O–H groups in total. The van der Waals surface area contributed by atoms with E-state index in [4.69, 9.17) is 0 Å². The third-order valence-corrected chi connectivity index (χ3v) is 4.27. The molecule has 0 bridgehead atoms. The number of halogens is 1. The van der Waals surface area contributed by atoms with Crippen molar-refractivity contribution in [1.29, 1.82) is 0 Å². The molecule has 1 unspecified atom stereocenters. The summed E-state index contributed by atoms with van der Waals surface area (Å²) in [5.41, 5.74) is 0. The molecule has 0 radical (unpaired) electrons. The van der Waals surface area contributed by atoms with Crippen molar-refractivity contribution in [3.63, 3.8) is 0 Å². The minimum Gasteiger partial charge on any atom is -0.255 e. The minimum atomic E-state index is -0.712. The van der Waals surface area contributed by atoms with Gasteiger partial charge in [-0.3, -0.25) is 4.94 Å². The number of carbonyl (C=O) groups is 1. The maximum absolute atomic E-state index is 11.8. The second-order valence-corrected chi connectivity index (χ2v) is 6.26. The zero-order chi connectivity index (χ0) is 15.8. The highest BCUT2D eigenvalue weighted by molar-refractivity contribution is 5.68. The summed E-state index contributed by atoms with van der Waals surface area (Å²) in [6, 6.07) is 0. The van der Waals surface area contributed by atoms with E-state index in [0.29, 0.717) is 5.92 Å². The molecule has 0 aromatic rings. The molecule has 0 aliphatic carbocycles. The van der Waals surface area contributed by atoms with Gasteiger partial charge in [0.15, 0.2) is 0 Å². The topological polar surface area (TPSA) is 26.3 Å². The summed E-state index contributed by atoms with van der Waals surface area (Å²) in [4.78, 5) is 14.2. The first-order valence-corrected chi connectivity index (χ1v) is 9.06. The van der Waals surface area contributed by atoms with Gasteiger partial charge in [0.2, 0.25) is 0 Å². The Morgan fingerprint density at radius 3 is 1.81 bits per heavy atom. The molecule has 0 saturated carbocycles. The third kappa shape index (κ3) is 14.1. The SMILES string of the molecule is CCCCCCCCC(CCCCCC)CCC(=O)OF. The van der Waals surface area contributed by atoms with Crippen LogP contribution in [0.1, 0.15) is 104 Å². The third-order valence-electron chi connectivity index (χ3n) is 4.27. The van der Waals surface area contributed by atoms with Crippen LogP contribution in [0.2, 0.25) is 0 Å². The summed E-state index contributed by atoms with van der Waals surface area (Å²) >= 11 is 0. The Labute approximate surface area is 130 Å². The average molecular weight is 302 g/mol. The normalized spacial score (nSPS) is 12.3. The number of hydrogen-bond acceptors (Lipinski definition) is 2. The molecule has 0 aliphatic heterocycles. The lowest BCUT2D eigenvalue weighted by Crippen LogP contribution is -2.06. The highest BCUT2D eigenvalue weighted by Gasteiger charge is 2.12. The second-order valence-electron chi connectivity index (χ2n) is 6.26. The maximum Gasteiger partial charge on any atom is 0.348 e. The molecule has 21 heavy (non-hydrogen) atoms. The highest BCUT2D eigenvalue weighted by Crippen LogP contribution is 2.23. The van der Waals surface area contributed by atoms with Gasteiger partial charge >= 0.3 is 5.97 Å². The second kappa shape index (κ2) is 15.8. The number of carbonyl (C=O) groups excluding carboxylic acids is 1. The number of hydrogen-bond donors (Lipinski definition) is 0. The lowest BCUT2D eigenvalue weighted by atomic mass is 9.90. The largest absolute Gasteiger partial charge is 0.348 e. The van der Waals surface area contributed by atoms with Crippen LogP contribution in [0.5, 0.6) is 0 Å². The quantitative estimate of drug-likeness (QED) is 0.321. The van der Waals surface area contributed by atoms with Gasteiger partial charge in [-0.2, -0.15) is 0 Å². The van der Waals surface area contributed by atoms with E-state index < -0.39 is 5.97 Å². The Hall–Kier alpha value is -0.600. The van der Waals surface area contributed by atoms with Crippen molar-refractivity contribution in [2.45, 2.75) is 104 Å². The van der Waals surface area contributed by atoms with Gasteiger partial charge in [0.05, 0.1) is 0 Å². The van der Waals surface area contributed by atoms with Gasteiger partial charge < -0.3 is 0 Å². The fourth-order valence-electron chi connectivity index (χ4n) is 2.87. The summed E-state index contributed by atoms with van der Waals surface area (Å²) < 4.78 is 11.8. The Morgan fingerprint density at radius 1 is 0.810 bits per heavy atom. The van der Waals surface area contributed by atoms with Crippen molar-refractivity contribution in [1.82, 2.24) is 0 Å². The molecular weight excluding hydrogens is 267 g/mol. The Bertz CT molecular complexity index is 231. The molecule has 126 valence electrons. The first kappa shape index (κ1) is 20.4. The lowest BCUT2D eigenvalue weighted by molar-refractivity contribution is -0.184. The zero-order valence-corrected chi connectivity index (χ0v) is 14.2. The van der Waals surface area contributed by atoms with Crippen LogP contribution in [0.3, 0.4) is 0 Å². The van der Waals surface area contributed by atoms with E-state index in [2.05, 4.69) is 18.8 Å². The van der Waals surface area contributed by atoms with Crippen molar-refractivity contribution >= 4 is 5.97 Å². The van der Waals surface area contributed by atoms with Gasteiger partial charge in [-0.05, 0) is 12.3 Å². The molecule has 2 nitrogen and oxygen atoms in total. The predicted octanol–water partition coefficient (Wildman–Crippen LogP) is 6.53. The minimum absolute atomic E-state index is 0.227. The van der Waals surface area contributed by atoms with Crippen molar-refractivity contribution in [2.24, 2.45) is 5.92 Å². The van der Waals surface area contributed by atoms with Crippen LogP contribution in [0.4, 0.5) is 4.53 Å². The van der Waals surface area contributed by atoms with Crippen LogP contribution in [0, 0.1) is 5.92 Å². The fourth-order valence-corrected chi connectivity index (χ4v) is 2.87. The molecule has 3 heteroatoms. The monoisotopic (exact) mass is 302 g/mol. The van der Waals surface area contributed by atoms with E-state index in [9.17, 15) is 9.32 Å². The molecule has 0 aromatic carbocycles. The van der Waals surface area contributed by atoms with Gasteiger partial charge in [0.1, 0.15) is 0 Å². The van der Waals surface area contributed by atoms with Crippen LogP contribution in [0.15, 0.2) is 0 Å². The van der Waals surface area contributed by atoms with Crippen LogP contribution < -0.4 is 0 Å². The number of rotatable bonds is 15. The summed E-state index contributed by atoms with van der Waals surface area (Å²) in [6.45, 7) is 4.45. The molecule has 0 rings (SSSR count). The predicted molar refractivity (Wildman–Crippen MR) is 86.7 cm³/mol. The molecular formula is C18H35FO2. The van der Waals surface area contributed by atoms with Crippen LogP contribution in [-0.4, -0.2) is 5.97 Å². The van der Waals surface area contributed by atoms with Gasteiger partial charge in [0.25, 0.3) is 0 Å². The van der Waals surface area contributed by atoms with Crippen molar-refractivity contribution in [3.8, 4) is 0 Å². The van der Waals surface area contributed by atoms with Gasteiger partial charge in [0, 0.05) is 10.9 Å². The summed E-state index contributed by atoms with van der Waals surface area (Å²) in [6.07, 6.45) is 16.2. The van der Waals surface area contributed by atoms with E-state index in [-0.39, 0.29) is 6.42 Å². The lowest BCUT2D eigenvalue weighted by Gasteiger charge is -2.16. The van der Waals surface area contributed by atoms with E-state index in [0.717, 1.165) is 6.42 Å². The molecule has 0 spiro atoms. The standard InChI is InChI=1S/C18H35FO2/c1-3-5-7-9-10-12-14-17(13-11-8-6-4-2)15-16-18(20)21-19/h17H,3-16H2,1-2H3. The van der Waals surface area contributed by atoms with Gasteiger partial charge in [-0.25, -0.2) is 4.79 Å². The molecule has 1 atom stereocenters. The highest BCUT2D eigenvalue weighted by atomic mass is 19.3. The first-order chi connectivity index (χ1) is 10.2. The Kier molecular flexibility index (Phi) is 15.3. The van der Waals surface area contributed by atoms with Crippen molar-refractivity contribution < 1.29 is 14.3 Å². The average Bonchev–Trinajstić information content (AvgIpc) is 2.51. The summed E-state index contributed by atoms with van der Waals surface area (Å²) in [5.74, 6) is -0.149. The first-order valence-electron chi connectivity index (χ1n) is 9.06. The summed E-state index contributed by atoms with van der Waals surface area (Å²) in [5, 5.41) is 0. The van der Waals surface area contributed by atoms with E-state index in [1.165, 1.54) is 77.0 Å². The van der Waals surface area contributed by atoms with E-state index in [1.807, 2.05) is 0 Å². The van der Waals surface area contributed by atoms with Crippen LogP contribution >= 0.6 is 0 Å². The van der Waals surface area contributed by atoms with E-state index in [1.54, 1.807) is 0 Å². The van der Waals surface area contributed by atoms with Gasteiger partial charge in [-0.1, -0.05) is 90.9 Å². The van der Waals surface area contributed by atoms with Crippen LogP contribution in [-0.2, 0) is 9.74 Å². The molecule has 0 amide bonds. The summed E-state index contributed by atoms with van der Waals surface area (Å²) in [7, 11) is 0.